The van der Waals surface area contributed by atoms with Crippen molar-refractivity contribution in [3.05, 3.63) is 22.8 Å². The van der Waals surface area contributed by atoms with E-state index in [2.05, 4.69) is 0 Å². The molecule has 0 aromatic carbocycles. The van der Waals surface area contributed by atoms with E-state index in [1.54, 1.807) is 4.13 Å². The normalized spacial score (nSPS) is 14.0. The summed E-state index contributed by atoms with van der Waals surface area (Å²) < 4.78 is 79.7. The summed E-state index contributed by atoms with van der Waals surface area (Å²) >= 11 is 0. The van der Waals surface area contributed by atoms with Crippen molar-refractivity contribution in [1.29, 1.82) is 0 Å². The molecule has 0 saturated carbocycles. The zero-order valence-electron chi connectivity index (χ0n) is 12.0. The maximum Gasteiger partial charge on any atom is 0.480 e. The molecule has 2 N–H and O–H groups in total. The highest BCUT2D eigenvalue weighted by molar-refractivity contribution is 8.12. The molecule has 0 saturated heterocycles. The molecule has 1 aromatic rings. The Kier molecular flexibility index (Phi) is 7.62. The number of alkyl halides is 3. The molecule has 136 valence electrons. The van der Waals surface area contributed by atoms with Gasteiger partial charge in [-0.3, -0.25) is 0 Å². The van der Waals surface area contributed by atoms with Gasteiger partial charge in [-0.25, -0.2) is 26.0 Å². The second kappa shape index (κ2) is 8.05. The Labute approximate surface area is 131 Å². The molecule has 0 radical (unpaired) electrons. The van der Waals surface area contributed by atoms with Crippen molar-refractivity contribution >= 4 is 20.0 Å². The predicted molar refractivity (Wildman–Crippen MR) is 71.9 cm³/mol. The van der Waals surface area contributed by atoms with Gasteiger partial charge in [0.15, 0.2) is 10.0 Å². The molecule has 23 heavy (non-hydrogen) atoms. The van der Waals surface area contributed by atoms with Crippen LogP contribution in [0.2, 0.25) is 0 Å². The second-order valence-corrected chi connectivity index (χ2v) is 7.82. The van der Waals surface area contributed by atoms with Gasteiger partial charge in [-0.2, -0.15) is 13.2 Å². The van der Waals surface area contributed by atoms with E-state index in [0.29, 0.717) is 6.54 Å². The molecule has 1 atom stereocenters. The van der Waals surface area contributed by atoms with Crippen molar-refractivity contribution in [3.8, 4) is 0 Å². The smallest absolute Gasteiger partial charge is 0.429 e. The summed E-state index contributed by atoms with van der Waals surface area (Å²) in [7, 11) is -8.56. The molecule has 1 heterocycles. The summed E-state index contributed by atoms with van der Waals surface area (Å²) in [6.45, 7) is 0.249. The second-order valence-electron chi connectivity index (χ2n) is 4.34. The van der Waals surface area contributed by atoms with Gasteiger partial charge in [-0.15, -0.1) is 0 Å². The average Bonchev–Trinajstić information content (AvgIpc) is 2.71. The Morgan fingerprint density at radius 2 is 1.83 bits per heavy atom. The molecule has 0 aliphatic rings. The molecule has 14 heteroatoms. The lowest BCUT2D eigenvalue weighted by Crippen LogP contribution is -2.25. The van der Waals surface area contributed by atoms with E-state index in [1.165, 1.54) is 0 Å². The maximum atomic E-state index is 11.4. The van der Waals surface area contributed by atoms with Gasteiger partial charge in [0.1, 0.15) is 25.0 Å². The van der Waals surface area contributed by atoms with Gasteiger partial charge in [-0.05, 0) is 0 Å². The lowest BCUT2D eigenvalue weighted by molar-refractivity contribution is -0.671. The van der Waals surface area contributed by atoms with Crippen LogP contribution < -0.4 is 4.57 Å². The largest absolute Gasteiger partial charge is 0.480 e. The third-order valence-electron chi connectivity index (χ3n) is 1.98. The zero-order valence-corrected chi connectivity index (χ0v) is 13.7. The molecule has 0 fully saturated rings. The van der Waals surface area contributed by atoms with E-state index in [9.17, 15) is 30.0 Å². The van der Waals surface area contributed by atoms with E-state index >= 15 is 0 Å². The minimum atomic E-state index is -5.92. The number of aliphatic hydroxyl groups is 2. The summed E-state index contributed by atoms with van der Waals surface area (Å²) in [6, 6.07) is 0. The van der Waals surface area contributed by atoms with Gasteiger partial charge in [0.05, 0.1) is 23.7 Å². The van der Waals surface area contributed by atoms with Gasteiger partial charge < -0.3 is 14.3 Å². The third kappa shape index (κ3) is 8.85. The van der Waals surface area contributed by atoms with Crippen LogP contribution in [-0.4, -0.2) is 56.1 Å². The van der Waals surface area contributed by atoms with Crippen molar-refractivity contribution in [2.75, 3.05) is 12.9 Å². The number of aliphatic hydroxyl groups excluding tert-OH is 2. The van der Waals surface area contributed by atoms with E-state index in [0.717, 1.165) is 0 Å². The first-order valence-electron chi connectivity index (χ1n) is 5.73. The molecule has 0 aliphatic heterocycles. The third-order valence-corrected chi connectivity index (χ3v) is 4.44. The van der Waals surface area contributed by atoms with E-state index < -0.39 is 31.7 Å². The van der Waals surface area contributed by atoms with Crippen molar-refractivity contribution in [1.82, 2.24) is 4.57 Å². The van der Waals surface area contributed by atoms with Crippen LogP contribution in [0.15, 0.2) is 18.7 Å². The number of imidazole rings is 1. The fourth-order valence-corrected chi connectivity index (χ4v) is 2.90. The monoisotopic (exact) mass is 383 g/mol. The molecule has 0 amide bonds. The van der Waals surface area contributed by atoms with Crippen molar-refractivity contribution in [3.63, 3.8) is 0 Å². The van der Waals surface area contributed by atoms with E-state index in [-0.39, 0.29) is 12.9 Å². The number of aromatic nitrogens is 2. The number of aryl methyl sites for hydroxylation is 1. The maximum absolute atomic E-state index is 11.4. The number of halogens is 3. The number of hydrogen-bond acceptors (Lipinski definition) is 6. The van der Waals surface area contributed by atoms with E-state index in [4.69, 9.17) is 10.2 Å². The molecule has 0 aliphatic carbocycles. The van der Waals surface area contributed by atoms with Crippen LogP contribution in [0, 0.1) is 0 Å². The number of nitrogens with zero attached hydrogens (tertiary/aromatic N) is 3. The van der Waals surface area contributed by atoms with Crippen LogP contribution in [0.25, 0.3) is 4.13 Å². The standard InChI is InChI=1S/C7H13N2O2.C2H3F3NO4S2/c1-8-2-3-9(6-8)4-7(11)5-10;1-11(7,8)6-12(9,10)2(3,4)5/h2-3,6-7,10-11H,4-5H2,1H3;1H3/q+1;-1. The molecular formula is C9H16F3N3O6S2. The Balaban J connectivity index is 0.000000422. The molecule has 0 spiro atoms. The number of rotatable bonds is 5. The Bertz CT molecular complexity index is 698. The van der Waals surface area contributed by atoms with Gasteiger partial charge in [-0.1, -0.05) is 0 Å². The fraction of sp³-hybridized carbons (Fsp3) is 0.667. The molecule has 0 bridgehead atoms. The van der Waals surface area contributed by atoms with Crippen LogP contribution in [0.4, 0.5) is 13.2 Å². The van der Waals surface area contributed by atoms with Gasteiger partial charge in [0.25, 0.3) is 0 Å². The quantitative estimate of drug-likeness (QED) is 0.616. The number of sulfonamides is 2. The molecule has 1 rings (SSSR count). The Morgan fingerprint density at radius 3 is 2.09 bits per heavy atom. The van der Waals surface area contributed by atoms with E-state index in [1.807, 2.05) is 34.9 Å². The highest BCUT2D eigenvalue weighted by Gasteiger charge is 2.39. The molecule has 1 aromatic heterocycles. The van der Waals surface area contributed by atoms with Crippen LogP contribution in [-0.2, 0) is 33.6 Å². The molecule has 9 nitrogen and oxygen atoms in total. The van der Waals surface area contributed by atoms with Crippen molar-refractivity contribution in [2.24, 2.45) is 7.05 Å². The van der Waals surface area contributed by atoms with Crippen LogP contribution in [0.5, 0.6) is 0 Å². The van der Waals surface area contributed by atoms with Crippen molar-refractivity contribution < 1.29 is 44.8 Å². The lowest BCUT2D eigenvalue weighted by Gasteiger charge is -2.19. The summed E-state index contributed by atoms with van der Waals surface area (Å²) in [5.74, 6) is 0. The van der Waals surface area contributed by atoms with Gasteiger partial charge in [0.2, 0.25) is 6.33 Å². The summed E-state index contributed by atoms with van der Waals surface area (Å²) in [6.07, 6.45) is 5.15. The Morgan fingerprint density at radius 1 is 1.30 bits per heavy atom. The zero-order chi connectivity index (χ0) is 18.5. The molecular weight excluding hydrogens is 367 g/mol. The Hall–Kier alpha value is -1.22. The summed E-state index contributed by atoms with van der Waals surface area (Å²) in [4.78, 5) is 0. The van der Waals surface area contributed by atoms with Crippen LogP contribution >= 0.6 is 0 Å². The fourth-order valence-electron chi connectivity index (χ4n) is 1.13. The first-order valence-corrected chi connectivity index (χ1v) is 9.02. The number of hydrogen-bond donors (Lipinski definition) is 2. The van der Waals surface area contributed by atoms with Gasteiger partial charge in [0, 0.05) is 6.26 Å². The SMILES string of the molecule is CS(=O)(=O)[N-]S(=O)(=O)C(F)(F)F.C[n+]1ccn(CC(O)CO)c1. The highest BCUT2D eigenvalue weighted by atomic mass is 32.3. The first-order chi connectivity index (χ1) is 10.2. The average molecular weight is 383 g/mol. The molecule has 1 unspecified atom stereocenters. The topological polar surface area (TPSA) is 132 Å². The summed E-state index contributed by atoms with van der Waals surface area (Å²) in [5.41, 5.74) is -5.67. The first kappa shape index (κ1) is 21.8. The highest BCUT2D eigenvalue weighted by Crippen LogP contribution is 2.29. The van der Waals surface area contributed by atoms with Crippen LogP contribution in [0.1, 0.15) is 0 Å². The minimum absolute atomic E-state index is 0.193. The lowest BCUT2D eigenvalue weighted by atomic mass is 10.4. The predicted octanol–water partition coefficient (Wildman–Crippen LogP) is -1.16. The van der Waals surface area contributed by atoms with Crippen LogP contribution in [0.3, 0.4) is 0 Å². The van der Waals surface area contributed by atoms with Gasteiger partial charge >= 0.3 is 5.51 Å². The van der Waals surface area contributed by atoms with Crippen molar-refractivity contribution in [2.45, 2.75) is 18.2 Å². The minimum Gasteiger partial charge on any atom is -0.429 e. The summed E-state index contributed by atoms with van der Waals surface area (Å²) in [5, 5.41) is 17.6.